The van der Waals surface area contributed by atoms with Gasteiger partial charge in [-0.3, -0.25) is 4.79 Å². The molecule has 0 aromatic heterocycles. The van der Waals surface area contributed by atoms with Crippen LogP contribution in [0.5, 0.6) is 0 Å². The number of carboxylic acids is 1. The summed E-state index contributed by atoms with van der Waals surface area (Å²) in [6.45, 7) is 6.14. The van der Waals surface area contributed by atoms with Crippen LogP contribution in [0.1, 0.15) is 76.3 Å². The van der Waals surface area contributed by atoms with E-state index in [2.05, 4.69) is 25.1 Å². The van der Waals surface area contributed by atoms with Crippen LogP contribution >= 0.6 is 11.8 Å². The quantitative estimate of drug-likeness (QED) is 0.685. The maximum absolute atomic E-state index is 11.5. The van der Waals surface area contributed by atoms with E-state index >= 15 is 0 Å². The van der Waals surface area contributed by atoms with Crippen LogP contribution in [0.25, 0.3) is 0 Å². The Hall–Kier alpha value is -0.960. The Morgan fingerprint density at radius 3 is 2.80 bits per heavy atom. The molecule has 3 aliphatic rings. The number of fused-ring (bicyclic) bond motifs is 5. The van der Waals surface area contributed by atoms with Gasteiger partial charge in [0, 0.05) is 4.90 Å². The first-order valence-electron chi connectivity index (χ1n) is 9.85. The fourth-order valence-corrected chi connectivity index (χ4v) is 6.94. The third-order valence-electron chi connectivity index (χ3n) is 7.37. The summed E-state index contributed by atoms with van der Waals surface area (Å²) in [4.78, 5) is 12.6. The van der Waals surface area contributed by atoms with Crippen LogP contribution in [0.15, 0.2) is 23.1 Å². The number of hydrogen-bond acceptors (Lipinski definition) is 2. The molecule has 2 nitrogen and oxygen atoms in total. The van der Waals surface area contributed by atoms with E-state index in [-0.39, 0.29) is 0 Å². The molecule has 1 N–H and O–H groups in total. The Balaban J connectivity index is 1.63. The number of thioether (sulfide) groups is 1. The fourth-order valence-electron chi connectivity index (χ4n) is 5.94. The smallest absolute Gasteiger partial charge is 0.319 e. The average molecular weight is 359 g/mol. The standard InChI is InChI=1S/C22H30O2S/c1-21(2,20(23)24)25-15-8-6-14-7-9-17-16(18(14)13-15)10-12-22(3)11-4-5-19(17)22/h6,8,13,16-17,19H,4-5,7,9-12H2,1-3H3,(H,23,24)/t16?,17?,19?,22-/m0/s1. The predicted octanol–water partition coefficient (Wildman–Crippen LogP) is 5.89. The lowest BCUT2D eigenvalue weighted by Gasteiger charge is -2.49. The van der Waals surface area contributed by atoms with Crippen molar-refractivity contribution in [1.29, 1.82) is 0 Å². The SMILES string of the molecule is CC(C)(Sc1ccc2c(c1)C1CC[C@]3(C)CCCC3C1CC2)C(=O)O. The molecule has 136 valence electrons. The minimum atomic E-state index is -0.779. The summed E-state index contributed by atoms with van der Waals surface area (Å²) < 4.78 is -0.779. The van der Waals surface area contributed by atoms with Crippen LogP contribution in [0.3, 0.4) is 0 Å². The van der Waals surface area contributed by atoms with Gasteiger partial charge < -0.3 is 5.11 Å². The Bertz CT molecular complexity index is 695. The minimum absolute atomic E-state index is 0.594. The van der Waals surface area contributed by atoms with E-state index in [1.807, 2.05) is 0 Å². The fraction of sp³-hybridized carbons (Fsp3) is 0.682. The molecule has 0 spiro atoms. The topological polar surface area (TPSA) is 37.3 Å². The van der Waals surface area contributed by atoms with E-state index in [1.165, 1.54) is 67.8 Å². The van der Waals surface area contributed by atoms with Crippen molar-refractivity contribution in [3.8, 4) is 0 Å². The Morgan fingerprint density at radius 1 is 1.24 bits per heavy atom. The largest absolute Gasteiger partial charge is 0.480 e. The molecular weight excluding hydrogens is 328 g/mol. The van der Waals surface area contributed by atoms with Gasteiger partial charge in [-0.15, -0.1) is 11.8 Å². The molecule has 3 unspecified atom stereocenters. The molecule has 0 bridgehead atoms. The van der Waals surface area contributed by atoms with E-state index in [4.69, 9.17) is 0 Å². The van der Waals surface area contributed by atoms with Gasteiger partial charge in [-0.1, -0.05) is 19.4 Å². The number of hydrogen-bond donors (Lipinski definition) is 1. The summed E-state index contributed by atoms with van der Waals surface area (Å²) in [6, 6.07) is 6.74. The molecular formula is C22H30O2S. The Kier molecular flexibility index (Phi) is 4.22. The number of carboxylic acid groups (broad SMARTS) is 1. The molecule has 3 heteroatoms. The Morgan fingerprint density at radius 2 is 2.04 bits per heavy atom. The highest BCUT2D eigenvalue weighted by Gasteiger charge is 2.50. The van der Waals surface area contributed by atoms with Crippen LogP contribution in [0, 0.1) is 17.3 Å². The third kappa shape index (κ3) is 2.93. The van der Waals surface area contributed by atoms with E-state index < -0.39 is 10.7 Å². The molecule has 4 atom stereocenters. The summed E-state index contributed by atoms with van der Waals surface area (Å²) >= 11 is 1.49. The van der Waals surface area contributed by atoms with Gasteiger partial charge in [0.15, 0.2) is 0 Å². The molecule has 0 radical (unpaired) electrons. The number of aryl methyl sites for hydroxylation is 1. The van der Waals surface area contributed by atoms with Crippen molar-refractivity contribution in [3.05, 3.63) is 29.3 Å². The van der Waals surface area contributed by atoms with Crippen LogP contribution in [-0.2, 0) is 11.2 Å². The molecule has 1 aromatic rings. The molecule has 2 saturated carbocycles. The summed E-state index contributed by atoms with van der Waals surface area (Å²) in [6.07, 6.45) is 9.52. The summed E-state index contributed by atoms with van der Waals surface area (Å²) in [7, 11) is 0. The van der Waals surface area contributed by atoms with Gasteiger partial charge in [-0.05, 0) is 98.8 Å². The van der Waals surface area contributed by atoms with Crippen LogP contribution in [0.2, 0.25) is 0 Å². The van der Waals surface area contributed by atoms with Crippen LogP contribution in [-0.4, -0.2) is 15.8 Å². The second kappa shape index (κ2) is 6.04. The highest BCUT2D eigenvalue weighted by Crippen LogP contribution is 2.61. The van der Waals surface area contributed by atoms with E-state index in [1.54, 1.807) is 13.8 Å². The van der Waals surface area contributed by atoms with Crippen molar-refractivity contribution in [2.45, 2.75) is 81.3 Å². The summed E-state index contributed by atoms with van der Waals surface area (Å²) in [5, 5.41) is 9.44. The zero-order valence-corrected chi connectivity index (χ0v) is 16.5. The lowest BCUT2D eigenvalue weighted by Crippen LogP contribution is -2.39. The lowest BCUT2D eigenvalue weighted by molar-refractivity contribution is -0.138. The second-order valence-electron chi connectivity index (χ2n) is 9.28. The Labute approximate surface area is 155 Å². The van der Waals surface area contributed by atoms with E-state index in [9.17, 15) is 9.90 Å². The van der Waals surface area contributed by atoms with Gasteiger partial charge in [0.05, 0.1) is 0 Å². The second-order valence-corrected chi connectivity index (χ2v) is 11.0. The molecule has 0 amide bonds. The van der Waals surface area contributed by atoms with Crippen LogP contribution in [0.4, 0.5) is 0 Å². The van der Waals surface area contributed by atoms with Crippen molar-refractivity contribution in [2.24, 2.45) is 17.3 Å². The zero-order chi connectivity index (χ0) is 17.8. The van der Waals surface area contributed by atoms with Crippen LogP contribution < -0.4 is 0 Å². The van der Waals surface area contributed by atoms with Gasteiger partial charge in [-0.25, -0.2) is 0 Å². The summed E-state index contributed by atoms with van der Waals surface area (Å²) in [5.74, 6) is 1.72. The van der Waals surface area contributed by atoms with Crippen molar-refractivity contribution in [2.75, 3.05) is 0 Å². The predicted molar refractivity (Wildman–Crippen MR) is 103 cm³/mol. The average Bonchev–Trinajstić information content (AvgIpc) is 2.96. The van der Waals surface area contributed by atoms with Gasteiger partial charge in [0.1, 0.15) is 4.75 Å². The monoisotopic (exact) mass is 358 g/mol. The molecule has 0 saturated heterocycles. The molecule has 25 heavy (non-hydrogen) atoms. The maximum Gasteiger partial charge on any atom is 0.319 e. The molecule has 4 rings (SSSR count). The maximum atomic E-state index is 11.5. The normalized spacial score (nSPS) is 34.1. The number of benzene rings is 1. The van der Waals surface area contributed by atoms with Gasteiger partial charge in [0.25, 0.3) is 0 Å². The molecule has 0 aliphatic heterocycles. The van der Waals surface area contributed by atoms with Crippen molar-refractivity contribution in [3.63, 3.8) is 0 Å². The number of rotatable bonds is 3. The first-order valence-corrected chi connectivity index (χ1v) is 10.7. The third-order valence-corrected chi connectivity index (χ3v) is 8.54. The minimum Gasteiger partial charge on any atom is -0.480 e. The highest BCUT2D eigenvalue weighted by molar-refractivity contribution is 8.01. The lowest BCUT2D eigenvalue weighted by atomic mass is 9.56. The van der Waals surface area contributed by atoms with Gasteiger partial charge in [-0.2, -0.15) is 0 Å². The molecule has 3 aliphatic carbocycles. The highest BCUT2D eigenvalue weighted by atomic mass is 32.2. The summed E-state index contributed by atoms with van der Waals surface area (Å²) in [5.41, 5.74) is 3.65. The molecule has 2 fully saturated rings. The van der Waals surface area contributed by atoms with E-state index in [0.29, 0.717) is 11.3 Å². The van der Waals surface area contributed by atoms with Gasteiger partial charge >= 0.3 is 5.97 Å². The molecule has 0 heterocycles. The van der Waals surface area contributed by atoms with Crippen molar-refractivity contribution in [1.82, 2.24) is 0 Å². The zero-order valence-electron chi connectivity index (χ0n) is 15.7. The van der Waals surface area contributed by atoms with Crippen molar-refractivity contribution >= 4 is 17.7 Å². The first-order chi connectivity index (χ1) is 11.8. The van der Waals surface area contributed by atoms with Crippen molar-refractivity contribution < 1.29 is 9.90 Å². The first kappa shape index (κ1) is 17.5. The van der Waals surface area contributed by atoms with E-state index in [0.717, 1.165) is 16.7 Å². The number of carbonyl (C=O) groups is 1. The number of aliphatic carboxylic acids is 1. The molecule has 1 aromatic carbocycles. The van der Waals surface area contributed by atoms with Gasteiger partial charge in [0.2, 0.25) is 0 Å².